The Balaban J connectivity index is 1.81. The summed E-state index contributed by atoms with van der Waals surface area (Å²) in [6.45, 7) is 3.26. The predicted octanol–water partition coefficient (Wildman–Crippen LogP) is 1.94. The van der Waals surface area contributed by atoms with Gasteiger partial charge in [-0.1, -0.05) is 49.4 Å². The van der Waals surface area contributed by atoms with Gasteiger partial charge in [0.2, 0.25) is 0 Å². The molecule has 3 N–H and O–H groups in total. The lowest BCUT2D eigenvalue weighted by molar-refractivity contribution is -0.121. The van der Waals surface area contributed by atoms with Crippen LogP contribution in [0.5, 0.6) is 0 Å². The lowest BCUT2D eigenvalue weighted by Crippen LogP contribution is -2.42. The molecule has 1 heterocycles. The van der Waals surface area contributed by atoms with Crippen LogP contribution in [0.1, 0.15) is 35.3 Å². The first kappa shape index (κ1) is 23.5. The first-order chi connectivity index (χ1) is 15.8. The number of aromatic nitrogens is 2. The summed E-state index contributed by atoms with van der Waals surface area (Å²) in [6, 6.07) is 16.0. The molecule has 0 saturated heterocycles. The molecule has 9 heteroatoms. The zero-order valence-electron chi connectivity index (χ0n) is 18.5. The van der Waals surface area contributed by atoms with E-state index in [2.05, 4.69) is 4.98 Å². The van der Waals surface area contributed by atoms with Gasteiger partial charge < -0.3 is 15.4 Å². The highest BCUT2D eigenvalue weighted by Gasteiger charge is 2.24. The molecule has 1 amide bonds. The number of aromatic amines is 1. The SMILES string of the molecule is CCc1ccc(C(=O)OCC(=O)N(CC)c2c(N)n(Cc3ccccc3)c(=O)[nH]c2=O)cc1. The largest absolute Gasteiger partial charge is 0.452 e. The highest BCUT2D eigenvalue weighted by atomic mass is 16.5. The molecule has 9 nitrogen and oxygen atoms in total. The average Bonchev–Trinajstić information content (AvgIpc) is 2.83. The predicted molar refractivity (Wildman–Crippen MR) is 125 cm³/mol. The summed E-state index contributed by atoms with van der Waals surface area (Å²) in [5, 5.41) is 0. The number of aryl methyl sites for hydroxylation is 1. The first-order valence-corrected chi connectivity index (χ1v) is 10.6. The van der Waals surface area contributed by atoms with E-state index in [1.165, 1.54) is 4.57 Å². The van der Waals surface area contributed by atoms with Crippen LogP contribution in [0.4, 0.5) is 11.5 Å². The molecule has 0 spiro atoms. The van der Waals surface area contributed by atoms with Gasteiger partial charge >= 0.3 is 11.7 Å². The van der Waals surface area contributed by atoms with Gasteiger partial charge in [-0.3, -0.25) is 19.1 Å². The molecule has 0 saturated carbocycles. The molecule has 0 fully saturated rings. The Labute approximate surface area is 190 Å². The Morgan fingerprint density at radius 2 is 1.67 bits per heavy atom. The van der Waals surface area contributed by atoms with E-state index < -0.39 is 29.7 Å². The number of amides is 1. The summed E-state index contributed by atoms with van der Waals surface area (Å²) in [7, 11) is 0. The monoisotopic (exact) mass is 450 g/mol. The van der Waals surface area contributed by atoms with Gasteiger partial charge in [0, 0.05) is 6.54 Å². The number of benzene rings is 2. The van der Waals surface area contributed by atoms with E-state index in [0.29, 0.717) is 5.56 Å². The number of nitrogens with one attached hydrogen (secondary N) is 1. The number of rotatable bonds is 8. The minimum Gasteiger partial charge on any atom is -0.452 e. The number of nitrogen functional groups attached to an aromatic ring is 1. The summed E-state index contributed by atoms with van der Waals surface area (Å²) in [5.74, 6) is -1.44. The van der Waals surface area contributed by atoms with Crippen molar-refractivity contribution < 1.29 is 14.3 Å². The third-order valence-electron chi connectivity index (χ3n) is 5.21. The van der Waals surface area contributed by atoms with E-state index >= 15 is 0 Å². The van der Waals surface area contributed by atoms with Crippen molar-refractivity contribution in [3.05, 3.63) is 92.1 Å². The highest BCUT2D eigenvalue weighted by molar-refractivity contribution is 5.98. The lowest BCUT2D eigenvalue weighted by atomic mass is 10.1. The molecule has 0 aliphatic heterocycles. The molecular formula is C24H26N4O5. The number of hydrogen-bond acceptors (Lipinski definition) is 6. The van der Waals surface area contributed by atoms with Crippen LogP contribution in [0.3, 0.4) is 0 Å². The van der Waals surface area contributed by atoms with Gasteiger partial charge in [-0.25, -0.2) is 9.59 Å². The molecule has 3 aromatic rings. The number of nitrogens with two attached hydrogens (primary N) is 1. The van der Waals surface area contributed by atoms with E-state index in [0.717, 1.165) is 22.4 Å². The van der Waals surface area contributed by atoms with Crippen molar-refractivity contribution in [2.24, 2.45) is 0 Å². The van der Waals surface area contributed by atoms with Crippen molar-refractivity contribution in [1.82, 2.24) is 9.55 Å². The second-order valence-electron chi connectivity index (χ2n) is 7.33. The molecule has 0 aliphatic rings. The van der Waals surface area contributed by atoms with Crippen molar-refractivity contribution in [1.29, 1.82) is 0 Å². The zero-order valence-corrected chi connectivity index (χ0v) is 18.5. The number of ether oxygens (including phenoxy) is 1. The van der Waals surface area contributed by atoms with Crippen LogP contribution in [-0.2, 0) is 22.5 Å². The summed E-state index contributed by atoms with van der Waals surface area (Å²) < 4.78 is 6.33. The van der Waals surface area contributed by atoms with Crippen molar-refractivity contribution in [2.45, 2.75) is 26.8 Å². The van der Waals surface area contributed by atoms with Crippen LogP contribution in [0.15, 0.2) is 64.2 Å². The van der Waals surface area contributed by atoms with Gasteiger partial charge in [0.15, 0.2) is 12.3 Å². The Morgan fingerprint density at radius 1 is 1.00 bits per heavy atom. The molecule has 0 radical (unpaired) electrons. The van der Waals surface area contributed by atoms with E-state index in [4.69, 9.17) is 10.5 Å². The van der Waals surface area contributed by atoms with E-state index in [9.17, 15) is 19.2 Å². The molecule has 33 heavy (non-hydrogen) atoms. The summed E-state index contributed by atoms with van der Waals surface area (Å²) in [5.41, 5.74) is 6.70. The van der Waals surface area contributed by atoms with Crippen LogP contribution in [0, 0.1) is 0 Å². The Kier molecular flexibility index (Phi) is 7.45. The summed E-state index contributed by atoms with van der Waals surface area (Å²) >= 11 is 0. The number of anilines is 2. The number of likely N-dealkylation sites (N-methyl/N-ethyl adjacent to an activating group) is 1. The third-order valence-corrected chi connectivity index (χ3v) is 5.21. The molecule has 2 aromatic carbocycles. The fraction of sp³-hybridized carbons (Fsp3) is 0.250. The number of nitrogens with zero attached hydrogens (tertiary/aromatic N) is 2. The van der Waals surface area contributed by atoms with Crippen LogP contribution in [0.25, 0.3) is 0 Å². The number of H-pyrrole nitrogens is 1. The fourth-order valence-corrected chi connectivity index (χ4v) is 3.39. The standard InChI is InChI=1S/C24H26N4O5/c1-3-16-10-12-18(13-11-16)23(31)33-15-19(29)27(4-2)20-21(25)28(24(32)26-22(20)30)14-17-8-6-5-7-9-17/h5-13H,3-4,14-15,25H2,1-2H3,(H,26,30,32). The number of hydrogen-bond donors (Lipinski definition) is 2. The normalized spacial score (nSPS) is 10.6. The van der Waals surface area contributed by atoms with Crippen molar-refractivity contribution in [3.63, 3.8) is 0 Å². The van der Waals surface area contributed by atoms with Crippen molar-refractivity contribution >= 4 is 23.4 Å². The average molecular weight is 450 g/mol. The molecule has 0 aliphatic carbocycles. The second-order valence-corrected chi connectivity index (χ2v) is 7.33. The summed E-state index contributed by atoms with van der Waals surface area (Å²) in [4.78, 5) is 53.3. The van der Waals surface area contributed by atoms with E-state index in [1.807, 2.05) is 49.4 Å². The topological polar surface area (TPSA) is 127 Å². The van der Waals surface area contributed by atoms with E-state index in [-0.39, 0.29) is 24.6 Å². The maximum absolute atomic E-state index is 12.8. The Morgan fingerprint density at radius 3 is 2.27 bits per heavy atom. The maximum Gasteiger partial charge on any atom is 0.338 e. The van der Waals surface area contributed by atoms with Gasteiger partial charge in [0.1, 0.15) is 5.82 Å². The Bertz CT molecular complexity index is 1250. The van der Waals surface area contributed by atoms with Crippen LogP contribution in [-0.4, -0.2) is 34.6 Å². The quantitative estimate of drug-likeness (QED) is 0.505. The minimum absolute atomic E-state index is 0.0817. The first-order valence-electron chi connectivity index (χ1n) is 10.6. The van der Waals surface area contributed by atoms with Gasteiger partial charge in [0.05, 0.1) is 12.1 Å². The summed E-state index contributed by atoms with van der Waals surface area (Å²) in [6.07, 6.45) is 0.835. The van der Waals surface area contributed by atoms with Crippen LogP contribution >= 0.6 is 0 Å². The minimum atomic E-state index is -0.793. The molecule has 0 unspecified atom stereocenters. The molecular weight excluding hydrogens is 424 g/mol. The smallest absolute Gasteiger partial charge is 0.338 e. The Hall–Kier alpha value is -4.14. The van der Waals surface area contributed by atoms with E-state index in [1.54, 1.807) is 19.1 Å². The molecule has 1 aromatic heterocycles. The number of carbonyl (C=O) groups is 2. The molecule has 3 rings (SSSR count). The highest BCUT2D eigenvalue weighted by Crippen LogP contribution is 2.18. The molecule has 0 bridgehead atoms. The molecule has 172 valence electrons. The fourth-order valence-electron chi connectivity index (χ4n) is 3.39. The van der Waals surface area contributed by atoms with Crippen molar-refractivity contribution in [3.8, 4) is 0 Å². The number of esters is 1. The lowest BCUT2D eigenvalue weighted by Gasteiger charge is -2.23. The maximum atomic E-state index is 12.8. The van der Waals surface area contributed by atoms with Gasteiger partial charge in [-0.2, -0.15) is 0 Å². The van der Waals surface area contributed by atoms with Gasteiger partial charge in [-0.15, -0.1) is 0 Å². The van der Waals surface area contributed by atoms with Crippen LogP contribution in [0.2, 0.25) is 0 Å². The van der Waals surface area contributed by atoms with Gasteiger partial charge in [-0.05, 0) is 36.6 Å². The van der Waals surface area contributed by atoms with Gasteiger partial charge in [0.25, 0.3) is 11.5 Å². The van der Waals surface area contributed by atoms with Crippen molar-refractivity contribution in [2.75, 3.05) is 23.8 Å². The zero-order chi connectivity index (χ0) is 24.0. The number of carbonyl (C=O) groups excluding carboxylic acids is 2. The second kappa shape index (κ2) is 10.4. The third kappa shape index (κ3) is 5.38. The molecule has 0 atom stereocenters. The van der Waals surface area contributed by atoms with Crippen LogP contribution < -0.4 is 21.9 Å².